The van der Waals surface area contributed by atoms with Crippen molar-refractivity contribution in [2.45, 2.75) is 58.3 Å². The van der Waals surface area contributed by atoms with Gasteiger partial charge in [-0.15, -0.1) is 0 Å². The average molecular weight is 624 g/mol. The molecule has 1 aliphatic heterocycles. The van der Waals surface area contributed by atoms with E-state index < -0.39 is 17.7 Å². The molecule has 11 heteroatoms. The third-order valence-corrected chi connectivity index (χ3v) is 7.31. The Morgan fingerprint density at radius 1 is 0.889 bits per heavy atom. The highest BCUT2D eigenvalue weighted by Crippen LogP contribution is 2.42. The van der Waals surface area contributed by atoms with E-state index in [1.807, 2.05) is 19.1 Å². The highest BCUT2D eigenvalue weighted by atomic mass is 16.7. The van der Waals surface area contributed by atoms with Gasteiger partial charge in [-0.3, -0.25) is 4.79 Å². The number of nitrogens with zero attached hydrogens (tertiary/aromatic N) is 1. The Labute approximate surface area is 263 Å². The van der Waals surface area contributed by atoms with E-state index >= 15 is 0 Å². The summed E-state index contributed by atoms with van der Waals surface area (Å²) in [4.78, 5) is 27.5. The van der Waals surface area contributed by atoms with E-state index in [1.165, 1.54) is 7.11 Å². The van der Waals surface area contributed by atoms with E-state index in [-0.39, 0.29) is 25.1 Å². The third kappa shape index (κ3) is 8.64. The van der Waals surface area contributed by atoms with Gasteiger partial charge in [0.25, 0.3) is 0 Å². The van der Waals surface area contributed by atoms with Crippen LogP contribution >= 0.6 is 0 Å². The smallest absolute Gasteiger partial charge is 0.356 e. The van der Waals surface area contributed by atoms with Crippen molar-refractivity contribution in [3.63, 3.8) is 0 Å². The summed E-state index contributed by atoms with van der Waals surface area (Å²) in [5, 5.41) is 9.34. The Morgan fingerprint density at radius 2 is 1.56 bits per heavy atom. The minimum Gasteiger partial charge on any atom is -0.496 e. The predicted octanol–water partition coefficient (Wildman–Crippen LogP) is 5.49. The number of aliphatic carboxylic acids is 1. The molecule has 0 aliphatic carbocycles. The molecule has 0 bridgehead atoms. The Balaban J connectivity index is 1.41. The van der Waals surface area contributed by atoms with Crippen molar-refractivity contribution in [1.29, 1.82) is 0 Å². The molecule has 1 aliphatic rings. The number of aromatic nitrogens is 1. The van der Waals surface area contributed by atoms with Gasteiger partial charge < -0.3 is 38.3 Å². The molecule has 0 amide bonds. The zero-order chi connectivity index (χ0) is 32.2. The molecule has 1 N–H and O–H groups in total. The quantitative estimate of drug-likeness (QED) is 0.151. The monoisotopic (exact) mass is 623 g/mol. The van der Waals surface area contributed by atoms with Crippen molar-refractivity contribution in [2.75, 3.05) is 40.6 Å². The molecule has 45 heavy (non-hydrogen) atoms. The van der Waals surface area contributed by atoms with Gasteiger partial charge in [0, 0.05) is 24.0 Å². The summed E-state index contributed by atoms with van der Waals surface area (Å²) < 4.78 is 40.6. The fourth-order valence-corrected chi connectivity index (χ4v) is 5.14. The van der Waals surface area contributed by atoms with Crippen LogP contribution < -0.4 is 18.9 Å². The van der Waals surface area contributed by atoms with Crippen molar-refractivity contribution < 1.29 is 47.9 Å². The molecule has 11 nitrogen and oxygen atoms in total. The minimum absolute atomic E-state index is 0.0714. The molecule has 1 aromatic heterocycles. The molecule has 242 valence electrons. The number of pyridine rings is 1. The maximum absolute atomic E-state index is 11.8. The normalized spacial score (nSPS) is 13.7. The molecule has 0 radical (unpaired) electrons. The Hall–Kier alpha value is -4.35. The molecular formula is C34H41NO10. The lowest BCUT2D eigenvalue weighted by molar-refractivity contribution is -0.150. The third-order valence-electron chi connectivity index (χ3n) is 7.31. The standard InChI is InChI=1S/C34H41NO10/c1-5-9-25-30(16-15-26(32(25)39-3)34(2)44-20-21-45-34)42-19-8-18-41-28-12-7-13-29(24(28)14-17-31(36)37)43-22-23-10-6-11-27(35-23)33(38)40-4/h6-7,10-13,15-16H,5,8-9,14,17-22H2,1-4H3,(H,36,37). The van der Waals surface area contributed by atoms with Gasteiger partial charge in [-0.2, -0.15) is 0 Å². The summed E-state index contributed by atoms with van der Waals surface area (Å²) >= 11 is 0. The molecule has 0 unspecified atom stereocenters. The van der Waals surface area contributed by atoms with E-state index in [1.54, 1.807) is 43.5 Å². The second-order valence-corrected chi connectivity index (χ2v) is 10.5. The van der Waals surface area contributed by atoms with Gasteiger partial charge >= 0.3 is 11.9 Å². The summed E-state index contributed by atoms with van der Waals surface area (Å²) in [5.74, 6) is 0.131. The first kappa shape index (κ1) is 33.5. The van der Waals surface area contributed by atoms with Crippen LogP contribution in [0.2, 0.25) is 0 Å². The molecule has 4 rings (SSSR count). The van der Waals surface area contributed by atoms with Gasteiger partial charge in [-0.25, -0.2) is 9.78 Å². The maximum Gasteiger partial charge on any atom is 0.356 e. The largest absolute Gasteiger partial charge is 0.496 e. The van der Waals surface area contributed by atoms with Crippen LogP contribution in [0.5, 0.6) is 23.0 Å². The van der Waals surface area contributed by atoms with Crippen LogP contribution in [0, 0.1) is 0 Å². The van der Waals surface area contributed by atoms with Gasteiger partial charge in [0.2, 0.25) is 0 Å². The number of benzene rings is 2. The lowest BCUT2D eigenvalue weighted by Crippen LogP contribution is -2.24. The van der Waals surface area contributed by atoms with Gasteiger partial charge in [0.15, 0.2) is 5.79 Å². The zero-order valence-electron chi connectivity index (χ0n) is 26.3. The number of carboxylic acid groups (broad SMARTS) is 1. The average Bonchev–Trinajstić information content (AvgIpc) is 3.50. The van der Waals surface area contributed by atoms with Gasteiger partial charge in [0.1, 0.15) is 35.3 Å². The van der Waals surface area contributed by atoms with E-state index in [0.717, 1.165) is 29.7 Å². The van der Waals surface area contributed by atoms with E-state index in [4.69, 9.17) is 33.2 Å². The van der Waals surface area contributed by atoms with Crippen LogP contribution in [-0.2, 0) is 44.2 Å². The summed E-state index contributed by atoms with van der Waals surface area (Å²) in [7, 11) is 2.93. The summed E-state index contributed by atoms with van der Waals surface area (Å²) in [6.45, 7) is 5.85. The van der Waals surface area contributed by atoms with Crippen LogP contribution in [0.25, 0.3) is 0 Å². The summed E-state index contributed by atoms with van der Waals surface area (Å²) in [6, 6.07) is 14.2. The number of methoxy groups -OCH3 is 2. The number of carbonyl (C=O) groups is 2. The molecule has 0 saturated carbocycles. The van der Waals surface area contributed by atoms with E-state index in [0.29, 0.717) is 61.4 Å². The summed E-state index contributed by atoms with van der Waals surface area (Å²) in [5.41, 5.74) is 3.14. The molecule has 3 aromatic rings. The Kier molecular flexibility index (Phi) is 12.0. The fourth-order valence-electron chi connectivity index (χ4n) is 5.14. The second-order valence-electron chi connectivity index (χ2n) is 10.5. The number of carbonyl (C=O) groups excluding carboxylic acids is 1. The molecule has 1 fully saturated rings. The lowest BCUT2D eigenvalue weighted by atomic mass is 9.98. The minimum atomic E-state index is -0.930. The highest BCUT2D eigenvalue weighted by Gasteiger charge is 2.37. The van der Waals surface area contributed by atoms with Crippen LogP contribution in [0.1, 0.15) is 66.0 Å². The molecule has 2 heterocycles. The number of esters is 1. The van der Waals surface area contributed by atoms with Crippen molar-refractivity contribution >= 4 is 11.9 Å². The van der Waals surface area contributed by atoms with Gasteiger partial charge in [-0.05, 0) is 56.2 Å². The molecular weight excluding hydrogens is 582 g/mol. The number of hydrogen-bond donors (Lipinski definition) is 1. The van der Waals surface area contributed by atoms with Crippen LogP contribution in [0.4, 0.5) is 0 Å². The lowest BCUT2D eigenvalue weighted by Gasteiger charge is -2.27. The number of ether oxygens (including phenoxy) is 7. The number of carboxylic acids is 1. The van der Waals surface area contributed by atoms with Crippen molar-refractivity contribution in [1.82, 2.24) is 4.98 Å². The van der Waals surface area contributed by atoms with Crippen molar-refractivity contribution in [3.05, 3.63) is 76.6 Å². The van der Waals surface area contributed by atoms with Gasteiger partial charge in [0.05, 0.1) is 51.9 Å². The SMILES string of the molecule is CCCc1c(OCCCOc2cccc(OCc3cccc(C(=O)OC)n3)c2CCC(=O)O)ccc(C2(C)OCCO2)c1OC. The van der Waals surface area contributed by atoms with Crippen LogP contribution in [0.3, 0.4) is 0 Å². The van der Waals surface area contributed by atoms with Crippen molar-refractivity contribution in [2.24, 2.45) is 0 Å². The topological polar surface area (TPSA) is 132 Å². The fraction of sp³-hybridized carbons (Fsp3) is 0.441. The number of rotatable bonds is 17. The highest BCUT2D eigenvalue weighted by molar-refractivity contribution is 5.87. The first-order chi connectivity index (χ1) is 21.8. The van der Waals surface area contributed by atoms with Crippen molar-refractivity contribution in [3.8, 4) is 23.0 Å². The van der Waals surface area contributed by atoms with Gasteiger partial charge in [-0.1, -0.05) is 25.5 Å². The second kappa shape index (κ2) is 16.1. The first-order valence-corrected chi connectivity index (χ1v) is 15.0. The molecule has 0 atom stereocenters. The Morgan fingerprint density at radius 3 is 2.20 bits per heavy atom. The zero-order valence-corrected chi connectivity index (χ0v) is 26.3. The van der Waals surface area contributed by atoms with E-state index in [2.05, 4.69) is 11.9 Å². The summed E-state index contributed by atoms with van der Waals surface area (Å²) in [6.07, 6.45) is 2.37. The molecule has 2 aromatic carbocycles. The first-order valence-electron chi connectivity index (χ1n) is 15.0. The van der Waals surface area contributed by atoms with E-state index in [9.17, 15) is 14.7 Å². The predicted molar refractivity (Wildman–Crippen MR) is 164 cm³/mol. The number of hydrogen-bond acceptors (Lipinski definition) is 10. The van der Waals surface area contributed by atoms with Crippen LogP contribution in [-0.4, -0.2) is 62.7 Å². The molecule has 0 spiro atoms. The molecule has 1 saturated heterocycles. The maximum atomic E-state index is 11.8. The Bertz CT molecular complexity index is 1450. The van der Waals surface area contributed by atoms with Crippen LogP contribution in [0.15, 0.2) is 48.5 Å².